The summed E-state index contributed by atoms with van der Waals surface area (Å²) in [5, 5.41) is 7.72. The molecule has 0 aliphatic carbocycles. The molecule has 0 amide bonds. The van der Waals surface area contributed by atoms with Crippen LogP contribution in [0.2, 0.25) is 0 Å². The van der Waals surface area contributed by atoms with Crippen LogP contribution in [0.15, 0.2) is 0 Å². The first-order valence-corrected chi connectivity index (χ1v) is 2.07. The summed E-state index contributed by atoms with van der Waals surface area (Å²) in [7, 11) is 0. The molecule has 1 N–H and O–H groups in total. The number of carboxylic acid groups (broad SMARTS) is 1. The third-order valence-electron chi connectivity index (χ3n) is 0.302. The van der Waals surface area contributed by atoms with E-state index >= 15 is 0 Å². The molecule has 0 heterocycles. The van der Waals surface area contributed by atoms with Crippen LogP contribution in [-0.2, 0) is 14.4 Å². The lowest BCUT2D eigenvalue weighted by atomic mass is 10.5. The van der Waals surface area contributed by atoms with E-state index < -0.39 is 5.97 Å². The van der Waals surface area contributed by atoms with Gasteiger partial charge in [-0.15, -0.1) is 0 Å². The van der Waals surface area contributed by atoms with Gasteiger partial charge < -0.3 is 14.7 Å². The van der Waals surface area contributed by atoms with Gasteiger partial charge in [-0.2, -0.15) is 0 Å². The molecule has 0 bridgehead atoms. The highest BCUT2D eigenvalue weighted by molar-refractivity contribution is 5.66. The van der Waals surface area contributed by atoms with Crippen LogP contribution in [0.25, 0.3) is 0 Å². The molecule has 9 heavy (non-hydrogen) atoms. The fourth-order valence-corrected chi connectivity index (χ4v) is 0. The van der Waals surface area contributed by atoms with E-state index in [1.807, 2.05) is 13.6 Å². The lowest BCUT2D eigenvalue weighted by molar-refractivity contribution is -0.136. The van der Waals surface area contributed by atoms with Crippen molar-refractivity contribution < 1.29 is 19.5 Å². The van der Waals surface area contributed by atoms with Crippen LogP contribution in [0.1, 0.15) is 13.3 Å². The zero-order valence-electron chi connectivity index (χ0n) is 5.29. The second-order valence-electron chi connectivity index (χ2n) is 0.747. The molecular weight excluding hydrogens is 124 g/mol. The van der Waals surface area contributed by atoms with Crippen molar-refractivity contribution in [3.8, 4) is 0 Å². The van der Waals surface area contributed by atoms with Crippen LogP contribution in [0.4, 0.5) is 0 Å². The standard InChI is InChI=1S/C3H6O2.2CH2O/c1-2-3(4)5;2*1-2/h2H2,1H3,(H,4,5);2*1H2. The van der Waals surface area contributed by atoms with E-state index in [0.717, 1.165) is 0 Å². The number of hydrogen-bond acceptors (Lipinski definition) is 3. The fourth-order valence-electron chi connectivity index (χ4n) is 0. The summed E-state index contributed by atoms with van der Waals surface area (Å²) in [6, 6.07) is 0. The molecule has 0 spiro atoms. The molecule has 0 saturated carbocycles. The predicted octanol–water partition coefficient (Wildman–Crippen LogP) is 0.111. The molecule has 54 valence electrons. The van der Waals surface area contributed by atoms with Gasteiger partial charge in [-0.25, -0.2) is 0 Å². The Balaban J connectivity index is -0.0000000771. The minimum absolute atomic E-state index is 0.222. The summed E-state index contributed by atoms with van der Waals surface area (Å²) < 4.78 is 0. The molecule has 0 saturated heterocycles. The van der Waals surface area contributed by atoms with E-state index in [9.17, 15) is 4.79 Å². The van der Waals surface area contributed by atoms with Crippen LogP contribution in [0.5, 0.6) is 0 Å². The molecule has 0 atom stereocenters. The Hall–Kier alpha value is -1.19. The third-order valence-corrected chi connectivity index (χ3v) is 0.302. The van der Waals surface area contributed by atoms with Crippen molar-refractivity contribution in [1.82, 2.24) is 0 Å². The van der Waals surface area contributed by atoms with E-state index in [4.69, 9.17) is 14.7 Å². The predicted molar refractivity (Wildman–Crippen MR) is 32.2 cm³/mol. The van der Waals surface area contributed by atoms with E-state index in [0.29, 0.717) is 0 Å². The first-order valence-electron chi connectivity index (χ1n) is 2.07. The minimum atomic E-state index is -0.745. The number of aliphatic carboxylic acids is 1. The maximum atomic E-state index is 9.37. The smallest absolute Gasteiger partial charge is 0.303 e. The van der Waals surface area contributed by atoms with E-state index in [1.54, 1.807) is 6.92 Å². The third kappa shape index (κ3) is 240. The lowest BCUT2D eigenvalue weighted by Gasteiger charge is -1.71. The summed E-state index contributed by atoms with van der Waals surface area (Å²) in [6.45, 7) is 5.60. The summed E-state index contributed by atoms with van der Waals surface area (Å²) in [4.78, 5) is 25.4. The van der Waals surface area contributed by atoms with Crippen molar-refractivity contribution in [1.29, 1.82) is 0 Å². The Labute approximate surface area is 53.5 Å². The molecule has 0 radical (unpaired) electrons. The van der Waals surface area contributed by atoms with E-state index in [1.165, 1.54) is 0 Å². The van der Waals surface area contributed by atoms with Crippen molar-refractivity contribution in [3.05, 3.63) is 0 Å². The number of carbonyl (C=O) groups is 3. The molecule has 0 rings (SSSR count). The molecule has 0 aliphatic rings. The van der Waals surface area contributed by atoms with Gasteiger partial charge >= 0.3 is 5.97 Å². The highest BCUT2D eigenvalue weighted by atomic mass is 16.4. The van der Waals surface area contributed by atoms with Crippen LogP contribution in [0.3, 0.4) is 0 Å². The Bertz CT molecular complexity index is 60.0. The lowest BCUT2D eigenvalue weighted by Crippen LogP contribution is -1.86. The van der Waals surface area contributed by atoms with Crippen LogP contribution < -0.4 is 0 Å². The van der Waals surface area contributed by atoms with Crippen molar-refractivity contribution >= 4 is 19.5 Å². The average Bonchev–Trinajstić information content (AvgIpc) is 1.97. The summed E-state index contributed by atoms with van der Waals surface area (Å²) >= 11 is 0. The highest BCUT2D eigenvalue weighted by Crippen LogP contribution is 1.67. The largest absolute Gasteiger partial charge is 0.481 e. The highest BCUT2D eigenvalue weighted by Gasteiger charge is 1.80. The topological polar surface area (TPSA) is 71.4 Å². The quantitative estimate of drug-likeness (QED) is 0.552. The monoisotopic (exact) mass is 134 g/mol. The SMILES string of the molecule is C=O.C=O.CCC(=O)O. The number of carboxylic acids is 1. The zero-order valence-corrected chi connectivity index (χ0v) is 5.29. The Morgan fingerprint density at radius 3 is 1.44 bits per heavy atom. The summed E-state index contributed by atoms with van der Waals surface area (Å²) in [5.41, 5.74) is 0. The van der Waals surface area contributed by atoms with E-state index in [-0.39, 0.29) is 6.42 Å². The Kier molecular flexibility index (Phi) is 50.6. The van der Waals surface area contributed by atoms with Crippen molar-refractivity contribution in [3.63, 3.8) is 0 Å². The number of rotatable bonds is 1. The van der Waals surface area contributed by atoms with Gasteiger partial charge in [0.1, 0.15) is 13.6 Å². The van der Waals surface area contributed by atoms with Gasteiger partial charge in [-0.1, -0.05) is 6.92 Å². The van der Waals surface area contributed by atoms with Gasteiger partial charge in [0, 0.05) is 6.42 Å². The second kappa shape index (κ2) is 29.1. The molecule has 0 aromatic rings. The van der Waals surface area contributed by atoms with Gasteiger partial charge in [0.2, 0.25) is 0 Å². The first-order chi connectivity index (χ1) is 4.27. The van der Waals surface area contributed by atoms with Crippen LogP contribution in [0, 0.1) is 0 Å². The Morgan fingerprint density at radius 1 is 1.33 bits per heavy atom. The molecule has 4 heteroatoms. The van der Waals surface area contributed by atoms with Gasteiger partial charge in [0.15, 0.2) is 0 Å². The number of hydrogen-bond donors (Lipinski definition) is 1. The van der Waals surface area contributed by atoms with Gasteiger partial charge in [-0.05, 0) is 0 Å². The van der Waals surface area contributed by atoms with Crippen LogP contribution in [-0.4, -0.2) is 24.7 Å². The van der Waals surface area contributed by atoms with Crippen molar-refractivity contribution in [2.45, 2.75) is 13.3 Å². The Morgan fingerprint density at radius 2 is 1.44 bits per heavy atom. The molecule has 0 aromatic heterocycles. The normalized spacial score (nSPS) is 5.00. The molecular formula is C5H10O4. The van der Waals surface area contributed by atoms with Gasteiger partial charge in [0.05, 0.1) is 0 Å². The average molecular weight is 134 g/mol. The maximum absolute atomic E-state index is 9.37. The van der Waals surface area contributed by atoms with E-state index in [2.05, 4.69) is 0 Å². The van der Waals surface area contributed by atoms with Gasteiger partial charge in [0.25, 0.3) is 0 Å². The fraction of sp³-hybridized carbons (Fsp3) is 0.400. The second-order valence-corrected chi connectivity index (χ2v) is 0.747. The molecule has 0 fully saturated rings. The molecule has 0 aliphatic heterocycles. The maximum Gasteiger partial charge on any atom is 0.303 e. The van der Waals surface area contributed by atoms with Crippen molar-refractivity contribution in [2.75, 3.05) is 0 Å². The molecule has 0 unspecified atom stereocenters. The number of carbonyl (C=O) groups excluding carboxylic acids is 2. The summed E-state index contributed by atoms with van der Waals surface area (Å²) in [5.74, 6) is -0.745. The van der Waals surface area contributed by atoms with Crippen LogP contribution >= 0.6 is 0 Å². The molecule has 4 nitrogen and oxygen atoms in total. The van der Waals surface area contributed by atoms with Crippen molar-refractivity contribution in [2.24, 2.45) is 0 Å². The van der Waals surface area contributed by atoms with Gasteiger partial charge in [-0.3, -0.25) is 4.79 Å². The zero-order chi connectivity index (χ0) is 8.28. The first kappa shape index (κ1) is 15.7. The molecule has 0 aromatic carbocycles. The minimum Gasteiger partial charge on any atom is -0.481 e. The summed E-state index contributed by atoms with van der Waals surface area (Å²) in [6.07, 6.45) is 0.222.